The van der Waals surface area contributed by atoms with Gasteiger partial charge in [-0.25, -0.2) is 19.3 Å². The fraction of sp³-hybridized carbons (Fsp3) is 0.444. The van der Waals surface area contributed by atoms with Crippen LogP contribution in [0.25, 0.3) is 22.6 Å². The highest BCUT2D eigenvalue weighted by atomic mass is 19.1. The number of aromatic amines is 1. The van der Waals surface area contributed by atoms with E-state index in [4.69, 9.17) is 29.9 Å². The third-order valence-electron chi connectivity index (χ3n) is 7.39. The van der Waals surface area contributed by atoms with Crippen LogP contribution in [0.4, 0.5) is 10.3 Å². The Balaban J connectivity index is 1.26. The smallest absolute Gasteiger partial charge is 0.317 e. The Labute approximate surface area is 223 Å². The second-order valence-electron chi connectivity index (χ2n) is 10.6. The summed E-state index contributed by atoms with van der Waals surface area (Å²) in [4.78, 5) is 43.9. The standard InChI is InChI=1S/C27H29FN6O5/c1-26(24(36)39-27(9-10-27)23(29)35)14-37-22(38-15-26)21-32-19(16-4-6-17(28)7-5-16)20(33-21)18-8-11-30-25(31-18)34-12-2-3-13-34/h4-8,11,22H,2-3,9-10,12-15H2,1H3,(H2,29,35)(H,32,33). The zero-order chi connectivity index (χ0) is 27.2. The van der Waals surface area contributed by atoms with Gasteiger partial charge in [0.05, 0.1) is 30.3 Å². The number of imidazole rings is 1. The van der Waals surface area contributed by atoms with Gasteiger partial charge in [-0.3, -0.25) is 9.59 Å². The van der Waals surface area contributed by atoms with Gasteiger partial charge in [0.15, 0.2) is 11.4 Å². The number of carbonyl (C=O) groups excluding carboxylic acids is 2. The summed E-state index contributed by atoms with van der Waals surface area (Å²) in [5, 5.41) is 0. The van der Waals surface area contributed by atoms with Crippen molar-refractivity contribution in [1.82, 2.24) is 19.9 Å². The summed E-state index contributed by atoms with van der Waals surface area (Å²) in [5.74, 6) is -0.598. The number of nitrogens with two attached hydrogens (primary N) is 1. The summed E-state index contributed by atoms with van der Waals surface area (Å²) >= 11 is 0. The molecule has 0 unspecified atom stereocenters. The van der Waals surface area contributed by atoms with Gasteiger partial charge in [0, 0.05) is 37.7 Å². The molecule has 3 aliphatic rings. The molecule has 39 heavy (non-hydrogen) atoms. The minimum Gasteiger partial charge on any atom is -0.448 e. The third-order valence-corrected chi connectivity index (χ3v) is 7.39. The SMILES string of the molecule is CC1(C(=O)OC2(C(N)=O)CC2)COC(c2nc(-c3ccc(F)cc3)c(-c3ccnc(N4CCCC4)n3)[nH]2)OC1. The number of H-pyrrole nitrogens is 1. The van der Waals surface area contributed by atoms with Crippen LogP contribution in [0.5, 0.6) is 0 Å². The second-order valence-corrected chi connectivity index (χ2v) is 10.6. The maximum absolute atomic E-state index is 13.7. The average molecular weight is 537 g/mol. The maximum atomic E-state index is 13.7. The van der Waals surface area contributed by atoms with E-state index < -0.39 is 29.2 Å². The zero-order valence-electron chi connectivity index (χ0n) is 21.5. The molecule has 2 saturated heterocycles. The minimum atomic E-state index is -1.22. The number of anilines is 1. The van der Waals surface area contributed by atoms with Gasteiger partial charge in [-0.05, 0) is 50.1 Å². The molecule has 0 atom stereocenters. The Hall–Kier alpha value is -3.90. The van der Waals surface area contributed by atoms with Crippen LogP contribution >= 0.6 is 0 Å². The number of ether oxygens (including phenoxy) is 3. The zero-order valence-corrected chi connectivity index (χ0v) is 21.5. The van der Waals surface area contributed by atoms with Crippen molar-refractivity contribution >= 4 is 17.8 Å². The lowest BCUT2D eigenvalue weighted by Crippen LogP contribution is -2.47. The van der Waals surface area contributed by atoms with E-state index in [1.807, 2.05) is 0 Å². The second kappa shape index (κ2) is 9.69. The van der Waals surface area contributed by atoms with Crippen molar-refractivity contribution in [3.63, 3.8) is 0 Å². The highest BCUT2D eigenvalue weighted by Crippen LogP contribution is 2.42. The molecule has 1 aliphatic carbocycles. The Kier molecular flexibility index (Phi) is 6.31. The molecule has 0 radical (unpaired) electrons. The molecule has 3 fully saturated rings. The van der Waals surface area contributed by atoms with Crippen LogP contribution < -0.4 is 10.6 Å². The molecule has 1 aromatic carbocycles. The van der Waals surface area contributed by atoms with Crippen molar-refractivity contribution in [3.8, 4) is 22.6 Å². The van der Waals surface area contributed by atoms with E-state index in [9.17, 15) is 14.0 Å². The van der Waals surface area contributed by atoms with Crippen LogP contribution in [0.3, 0.4) is 0 Å². The molecule has 1 saturated carbocycles. The number of halogens is 1. The first kappa shape index (κ1) is 25.4. The molecule has 0 bridgehead atoms. The quantitative estimate of drug-likeness (QED) is 0.435. The van der Waals surface area contributed by atoms with Gasteiger partial charge in [0.2, 0.25) is 12.2 Å². The average Bonchev–Trinajstić information content (AvgIpc) is 3.33. The summed E-state index contributed by atoms with van der Waals surface area (Å²) in [6, 6.07) is 7.80. The van der Waals surface area contributed by atoms with Crippen molar-refractivity contribution in [1.29, 1.82) is 0 Å². The van der Waals surface area contributed by atoms with Crippen molar-refractivity contribution in [3.05, 3.63) is 48.2 Å². The topological polar surface area (TPSA) is 146 Å². The number of primary amides is 1. The van der Waals surface area contributed by atoms with Crippen molar-refractivity contribution in [2.45, 2.75) is 44.5 Å². The molecule has 11 nitrogen and oxygen atoms in total. The number of nitrogens with zero attached hydrogens (tertiary/aromatic N) is 4. The number of amides is 1. The van der Waals surface area contributed by atoms with Gasteiger partial charge >= 0.3 is 5.97 Å². The van der Waals surface area contributed by atoms with Gasteiger partial charge in [0.1, 0.15) is 11.2 Å². The summed E-state index contributed by atoms with van der Waals surface area (Å²) in [7, 11) is 0. The van der Waals surface area contributed by atoms with Gasteiger partial charge in [-0.1, -0.05) is 0 Å². The predicted octanol–water partition coefficient (Wildman–Crippen LogP) is 2.89. The van der Waals surface area contributed by atoms with Crippen molar-refractivity contribution in [2.24, 2.45) is 11.1 Å². The van der Waals surface area contributed by atoms with E-state index in [0.717, 1.165) is 25.9 Å². The van der Waals surface area contributed by atoms with E-state index in [1.54, 1.807) is 31.3 Å². The van der Waals surface area contributed by atoms with E-state index in [-0.39, 0.29) is 19.0 Å². The fourth-order valence-electron chi connectivity index (χ4n) is 4.76. The van der Waals surface area contributed by atoms with Gasteiger partial charge < -0.3 is 29.8 Å². The van der Waals surface area contributed by atoms with Crippen LogP contribution in [0.1, 0.15) is 44.7 Å². The molecule has 1 amide bonds. The maximum Gasteiger partial charge on any atom is 0.317 e. The highest BCUT2D eigenvalue weighted by molar-refractivity contribution is 5.90. The van der Waals surface area contributed by atoms with E-state index in [0.29, 0.717) is 47.3 Å². The summed E-state index contributed by atoms with van der Waals surface area (Å²) < 4.78 is 31.0. The molecule has 4 heterocycles. The molecule has 0 spiro atoms. The number of hydrogen-bond donors (Lipinski definition) is 2. The Morgan fingerprint density at radius 3 is 2.44 bits per heavy atom. The molecule has 6 rings (SSSR count). The number of esters is 1. The number of hydrogen-bond acceptors (Lipinski definition) is 9. The Bertz CT molecular complexity index is 1390. The van der Waals surface area contributed by atoms with Crippen LogP contribution in [0, 0.1) is 11.2 Å². The normalized spacial score (nSPS) is 23.9. The molecule has 12 heteroatoms. The van der Waals surface area contributed by atoms with Crippen molar-refractivity contribution < 1.29 is 28.2 Å². The monoisotopic (exact) mass is 536 g/mol. The number of carbonyl (C=O) groups is 2. The van der Waals surface area contributed by atoms with Crippen LogP contribution in [-0.2, 0) is 23.8 Å². The lowest BCUT2D eigenvalue weighted by molar-refractivity contribution is -0.240. The van der Waals surface area contributed by atoms with Gasteiger partial charge in [-0.15, -0.1) is 0 Å². The number of nitrogens with one attached hydrogen (secondary N) is 1. The fourth-order valence-corrected chi connectivity index (χ4v) is 4.76. The third kappa shape index (κ3) is 4.85. The first-order valence-corrected chi connectivity index (χ1v) is 13.0. The molecule has 3 N–H and O–H groups in total. The molecule has 204 valence electrons. The Morgan fingerprint density at radius 1 is 1.10 bits per heavy atom. The van der Waals surface area contributed by atoms with Crippen LogP contribution in [-0.4, -0.2) is 63.7 Å². The lowest BCUT2D eigenvalue weighted by atomic mass is 9.92. The van der Waals surface area contributed by atoms with Gasteiger partial charge in [-0.2, -0.15) is 0 Å². The first-order chi connectivity index (χ1) is 18.8. The molecule has 3 aromatic rings. The predicted molar refractivity (Wildman–Crippen MR) is 136 cm³/mol. The van der Waals surface area contributed by atoms with E-state index >= 15 is 0 Å². The summed E-state index contributed by atoms with van der Waals surface area (Å²) in [6.45, 7) is 3.42. The number of aromatic nitrogens is 4. The van der Waals surface area contributed by atoms with E-state index in [1.165, 1.54) is 12.1 Å². The minimum absolute atomic E-state index is 0.0140. The number of benzene rings is 1. The molecule has 2 aromatic heterocycles. The molecular formula is C27H29FN6O5. The summed E-state index contributed by atoms with van der Waals surface area (Å²) in [5.41, 5.74) is 5.52. The number of rotatable bonds is 7. The lowest BCUT2D eigenvalue weighted by Gasteiger charge is -2.35. The van der Waals surface area contributed by atoms with Crippen LogP contribution in [0.2, 0.25) is 0 Å². The van der Waals surface area contributed by atoms with Crippen LogP contribution in [0.15, 0.2) is 36.5 Å². The Morgan fingerprint density at radius 2 is 1.79 bits per heavy atom. The highest BCUT2D eigenvalue weighted by Gasteiger charge is 2.55. The molecular weight excluding hydrogens is 507 g/mol. The van der Waals surface area contributed by atoms with E-state index in [2.05, 4.69) is 14.9 Å². The summed E-state index contributed by atoms with van der Waals surface area (Å²) in [6.07, 6.45) is 3.82. The first-order valence-electron chi connectivity index (χ1n) is 13.0. The van der Waals surface area contributed by atoms with Crippen molar-refractivity contribution in [2.75, 3.05) is 31.2 Å². The van der Waals surface area contributed by atoms with Gasteiger partial charge in [0.25, 0.3) is 5.91 Å². The largest absolute Gasteiger partial charge is 0.448 e. The molecule has 2 aliphatic heterocycles.